The SMILES string of the molecule is CC(=O)NC1CCCN(C(=O)CNC(C)(C)C)C1. The van der Waals surface area contributed by atoms with Crippen molar-refractivity contribution in [3.8, 4) is 0 Å². The Balaban J connectivity index is 2.41. The van der Waals surface area contributed by atoms with E-state index >= 15 is 0 Å². The lowest BCUT2D eigenvalue weighted by molar-refractivity contribution is -0.132. The molecule has 0 radical (unpaired) electrons. The van der Waals surface area contributed by atoms with E-state index in [0.29, 0.717) is 13.1 Å². The number of carbonyl (C=O) groups is 2. The second-order valence-electron chi connectivity index (χ2n) is 5.98. The minimum Gasteiger partial charge on any atom is -0.352 e. The van der Waals surface area contributed by atoms with Crippen LogP contribution in [0, 0.1) is 0 Å². The number of rotatable bonds is 3. The molecule has 1 heterocycles. The summed E-state index contributed by atoms with van der Waals surface area (Å²) in [6, 6.07) is 0.106. The minimum atomic E-state index is -0.0531. The topological polar surface area (TPSA) is 61.4 Å². The van der Waals surface area contributed by atoms with Gasteiger partial charge in [0.05, 0.1) is 6.54 Å². The van der Waals surface area contributed by atoms with Crippen LogP contribution >= 0.6 is 0 Å². The first kappa shape index (κ1) is 15.0. The number of piperidine rings is 1. The molecule has 5 nitrogen and oxygen atoms in total. The summed E-state index contributed by atoms with van der Waals surface area (Å²) in [6.07, 6.45) is 1.91. The summed E-state index contributed by atoms with van der Waals surface area (Å²) in [5.41, 5.74) is -0.0531. The second-order valence-corrected chi connectivity index (χ2v) is 5.98. The Morgan fingerprint density at radius 1 is 1.33 bits per heavy atom. The van der Waals surface area contributed by atoms with Crippen LogP contribution in [0.1, 0.15) is 40.5 Å². The van der Waals surface area contributed by atoms with E-state index in [9.17, 15) is 9.59 Å². The zero-order chi connectivity index (χ0) is 13.8. The molecular formula is C13H25N3O2. The van der Waals surface area contributed by atoms with Crippen LogP contribution in [-0.4, -0.2) is 47.9 Å². The fourth-order valence-electron chi connectivity index (χ4n) is 2.06. The highest BCUT2D eigenvalue weighted by Crippen LogP contribution is 2.10. The quantitative estimate of drug-likeness (QED) is 0.772. The molecule has 2 N–H and O–H groups in total. The monoisotopic (exact) mass is 255 g/mol. The van der Waals surface area contributed by atoms with Gasteiger partial charge in [-0.3, -0.25) is 9.59 Å². The lowest BCUT2D eigenvalue weighted by Crippen LogP contribution is -2.52. The molecular weight excluding hydrogens is 230 g/mol. The summed E-state index contributed by atoms with van der Waals surface area (Å²) in [6.45, 7) is 9.41. The zero-order valence-electron chi connectivity index (χ0n) is 11.9. The Morgan fingerprint density at radius 3 is 2.56 bits per heavy atom. The van der Waals surface area contributed by atoms with Crippen molar-refractivity contribution in [2.24, 2.45) is 0 Å². The fraction of sp³-hybridized carbons (Fsp3) is 0.846. The van der Waals surface area contributed by atoms with Gasteiger partial charge in [-0.05, 0) is 33.6 Å². The lowest BCUT2D eigenvalue weighted by Gasteiger charge is -2.34. The van der Waals surface area contributed by atoms with Crippen LogP contribution in [0.25, 0.3) is 0 Å². The lowest BCUT2D eigenvalue weighted by atomic mass is 10.1. The molecule has 104 valence electrons. The molecule has 1 fully saturated rings. The number of carbonyl (C=O) groups excluding carboxylic acids is 2. The van der Waals surface area contributed by atoms with Crippen LogP contribution in [0.2, 0.25) is 0 Å². The first-order chi connectivity index (χ1) is 8.28. The van der Waals surface area contributed by atoms with Crippen molar-refractivity contribution in [3.63, 3.8) is 0 Å². The Bertz CT molecular complexity index is 310. The smallest absolute Gasteiger partial charge is 0.236 e. The average molecular weight is 255 g/mol. The molecule has 1 atom stereocenters. The van der Waals surface area contributed by atoms with E-state index in [1.54, 1.807) is 0 Å². The maximum absolute atomic E-state index is 12.0. The molecule has 1 rings (SSSR count). The van der Waals surface area contributed by atoms with Gasteiger partial charge in [0.1, 0.15) is 0 Å². The second kappa shape index (κ2) is 6.18. The van der Waals surface area contributed by atoms with Gasteiger partial charge in [0.25, 0.3) is 0 Å². The molecule has 18 heavy (non-hydrogen) atoms. The highest BCUT2D eigenvalue weighted by molar-refractivity contribution is 5.78. The number of amides is 2. The van der Waals surface area contributed by atoms with Crippen LogP contribution < -0.4 is 10.6 Å². The number of nitrogens with one attached hydrogen (secondary N) is 2. The number of hydrogen-bond acceptors (Lipinski definition) is 3. The van der Waals surface area contributed by atoms with Gasteiger partial charge in [-0.15, -0.1) is 0 Å². The van der Waals surface area contributed by atoms with Gasteiger partial charge in [-0.2, -0.15) is 0 Å². The van der Waals surface area contributed by atoms with E-state index in [4.69, 9.17) is 0 Å². The summed E-state index contributed by atoms with van der Waals surface area (Å²) < 4.78 is 0. The van der Waals surface area contributed by atoms with E-state index in [0.717, 1.165) is 19.4 Å². The van der Waals surface area contributed by atoms with Crippen molar-refractivity contribution in [3.05, 3.63) is 0 Å². The predicted octanol–water partition coefficient (Wildman–Crippen LogP) is 0.502. The molecule has 0 aromatic carbocycles. The third kappa shape index (κ3) is 5.49. The van der Waals surface area contributed by atoms with E-state index in [1.165, 1.54) is 6.92 Å². The van der Waals surface area contributed by atoms with E-state index < -0.39 is 0 Å². The van der Waals surface area contributed by atoms with Crippen molar-refractivity contribution < 1.29 is 9.59 Å². The molecule has 0 bridgehead atoms. The van der Waals surface area contributed by atoms with Gasteiger partial charge in [-0.1, -0.05) is 0 Å². The first-order valence-electron chi connectivity index (χ1n) is 6.58. The van der Waals surface area contributed by atoms with Gasteiger partial charge >= 0.3 is 0 Å². The highest BCUT2D eigenvalue weighted by atomic mass is 16.2. The van der Waals surface area contributed by atoms with Crippen molar-refractivity contribution in [1.82, 2.24) is 15.5 Å². The number of nitrogens with zero attached hydrogens (tertiary/aromatic N) is 1. The molecule has 5 heteroatoms. The van der Waals surface area contributed by atoms with Crippen LogP contribution in [0.4, 0.5) is 0 Å². The number of likely N-dealkylation sites (tertiary alicyclic amines) is 1. The van der Waals surface area contributed by atoms with Crippen LogP contribution in [-0.2, 0) is 9.59 Å². The van der Waals surface area contributed by atoms with E-state index in [-0.39, 0.29) is 23.4 Å². The summed E-state index contributed by atoms with van der Waals surface area (Å²) >= 11 is 0. The molecule has 0 aromatic rings. The van der Waals surface area contributed by atoms with E-state index in [1.807, 2.05) is 25.7 Å². The fourth-order valence-corrected chi connectivity index (χ4v) is 2.06. The Kier molecular flexibility index (Phi) is 5.14. The maximum atomic E-state index is 12.0. The zero-order valence-corrected chi connectivity index (χ0v) is 11.9. The molecule has 0 saturated carbocycles. The van der Waals surface area contributed by atoms with E-state index in [2.05, 4.69) is 10.6 Å². The van der Waals surface area contributed by atoms with Crippen LogP contribution in [0.15, 0.2) is 0 Å². The molecule has 1 unspecified atom stereocenters. The van der Waals surface area contributed by atoms with Gasteiger partial charge < -0.3 is 15.5 Å². The molecule has 1 aliphatic heterocycles. The van der Waals surface area contributed by atoms with Gasteiger partial charge in [0.2, 0.25) is 11.8 Å². The van der Waals surface area contributed by atoms with Crippen LogP contribution in [0.3, 0.4) is 0 Å². The summed E-state index contributed by atoms with van der Waals surface area (Å²) in [7, 11) is 0. The third-order valence-electron chi connectivity index (χ3n) is 2.95. The van der Waals surface area contributed by atoms with Crippen molar-refractivity contribution >= 4 is 11.8 Å². The standard InChI is InChI=1S/C13H25N3O2/c1-10(17)15-11-6-5-7-16(9-11)12(18)8-14-13(2,3)4/h11,14H,5-9H2,1-4H3,(H,15,17). The normalized spacial score (nSPS) is 20.7. The Morgan fingerprint density at radius 2 is 2.00 bits per heavy atom. The highest BCUT2D eigenvalue weighted by Gasteiger charge is 2.24. The first-order valence-corrected chi connectivity index (χ1v) is 6.58. The molecule has 1 saturated heterocycles. The maximum Gasteiger partial charge on any atom is 0.236 e. The summed E-state index contributed by atoms with van der Waals surface area (Å²) in [4.78, 5) is 24.9. The van der Waals surface area contributed by atoms with Gasteiger partial charge in [0, 0.05) is 31.6 Å². The Labute approximate surface area is 109 Å². The third-order valence-corrected chi connectivity index (χ3v) is 2.95. The van der Waals surface area contributed by atoms with Crippen molar-refractivity contribution in [2.45, 2.75) is 52.1 Å². The summed E-state index contributed by atoms with van der Waals surface area (Å²) in [5.74, 6) is 0.0853. The largest absolute Gasteiger partial charge is 0.352 e. The average Bonchev–Trinajstić information content (AvgIpc) is 2.24. The molecule has 0 aromatic heterocycles. The molecule has 1 aliphatic rings. The molecule has 2 amide bonds. The Hall–Kier alpha value is -1.10. The van der Waals surface area contributed by atoms with Gasteiger partial charge in [0.15, 0.2) is 0 Å². The van der Waals surface area contributed by atoms with Crippen molar-refractivity contribution in [1.29, 1.82) is 0 Å². The van der Waals surface area contributed by atoms with Crippen molar-refractivity contribution in [2.75, 3.05) is 19.6 Å². The number of hydrogen-bond donors (Lipinski definition) is 2. The van der Waals surface area contributed by atoms with Gasteiger partial charge in [-0.25, -0.2) is 0 Å². The molecule has 0 aliphatic carbocycles. The van der Waals surface area contributed by atoms with Crippen LogP contribution in [0.5, 0.6) is 0 Å². The predicted molar refractivity (Wildman–Crippen MR) is 71.2 cm³/mol. The minimum absolute atomic E-state index is 0.0258. The summed E-state index contributed by atoms with van der Waals surface area (Å²) in [5, 5.41) is 6.08. The molecule has 0 spiro atoms.